The van der Waals surface area contributed by atoms with E-state index < -0.39 is 15.8 Å². The Kier molecular flexibility index (Phi) is 4.85. The van der Waals surface area contributed by atoms with E-state index >= 15 is 0 Å². The summed E-state index contributed by atoms with van der Waals surface area (Å²) in [6.45, 7) is 3.82. The van der Waals surface area contributed by atoms with Gasteiger partial charge >= 0.3 is 6.01 Å². The van der Waals surface area contributed by atoms with E-state index in [0.717, 1.165) is 0 Å². The molecular weight excluding hydrogens is 361 g/mol. The first-order valence-corrected chi connectivity index (χ1v) is 9.14. The van der Waals surface area contributed by atoms with Crippen LogP contribution in [0.3, 0.4) is 0 Å². The molecule has 2 heterocycles. The molecule has 8 nitrogen and oxygen atoms in total. The van der Waals surface area contributed by atoms with Gasteiger partial charge in [0.05, 0.1) is 24.4 Å². The second-order valence-corrected chi connectivity index (χ2v) is 7.27. The van der Waals surface area contributed by atoms with Gasteiger partial charge in [-0.1, -0.05) is 12.1 Å². The van der Waals surface area contributed by atoms with Crippen molar-refractivity contribution in [2.75, 3.05) is 4.72 Å². The number of nitrogens with zero attached hydrogens (tertiary/aromatic N) is 4. The fourth-order valence-corrected chi connectivity index (χ4v) is 2.96. The first-order valence-electron chi connectivity index (χ1n) is 7.66. The van der Waals surface area contributed by atoms with Crippen LogP contribution in [-0.4, -0.2) is 27.9 Å². The van der Waals surface area contributed by atoms with Gasteiger partial charge in [0.2, 0.25) is 0 Å². The van der Waals surface area contributed by atoms with Gasteiger partial charge in [-0.3, -0.25) is 4.72 Å². The molecule has 3 aromatic rings. The molecule has 1 N–H and O–H groups in total. The maximum Gasteiger partial charge on any atom is 0.322 e. The van der Waals surface area contributed by atoms with E-state index in [4.69, 9.17) is 4.74 Å². The minimum Gasteiger partial charge on any atom is -0.421 e. The summed E-state index contributed by atoms with van der Waals surface area (Å²) in [5, 5.41) is -0.113. The Balaban J connectivity index is 1.73. The molecule has 0 amide bonds. The van der Waals surface area contributed by atoms with Gasteiger partial charge in [-0.05, 0) is 26.0 Å². The number of rotatable bonds is 6. The average molecular weight is 377 g/mol. The molecule has 0 aliphatic heterocycles. The molecule has 3 rings (SSSR count). The summed E-state index contributed by atoms with van der Waals surface area (Å²) in [4.78, 5) is 11.6. The maximum atomic E-state index is 13.5. The van der Waals surface area contributed by atoms with Crippen LogP contribution in [0.25, 0.3) is 0 Å². The van der Waals surface area contributed by atoms with Crippen molar-refractivity contribution in [1.29, 1.82) is 0 Å². The van der Waals surface area contributed by atoms with Crippen molar-refractivity contribution in [1.82, 2.24) is 19.5 Å². The molecule has 0 unspecified atom stereocenters. The lowest BCUT2D eigenvalue weighted by molar-refractivity contribution is 0.411. The van der Waals surface area contributed by atoms with Gasteiger partial charge in [-0.15, -0.1) is 0 Å². The van der Waals surface area contributed by atoms with E-state index in [9.17, 15) is 12.8 Å². The molecule has 10 heteroatoms. The van der Waals surface area contributed by atoms with Crippen molar-refractivity contribution in [2.24, 2.45) is 0 Å². The predicted octanol–water partition coefficient (Wildman–Crippen LogP) is 2.99. The molecule has 0 saturated heterocycles. The van der Waals surface area contributed by atoms with Crippen LogP contribution in [-0.2, 0) is 10.0 Å². The zero-order valence-electron chi connectivity index (χ0n) is 14.0. The normalized spacial score (nSPS) is 11.5. The topological polar surface area (TPSA) is 99.0 Å². The number of hydrogen-bond donors (Lipinski definition) is 1. The molecule has 0 atom stereocenters. The third-order valence-electron chi connectivity index (χ3n) is 3.37. The number of halogens is 1. The minimum absolute atomic E-state index is 0.0277. The molecule has 0 radical (unpaired) electrons. The second-order valence-electron chi connectivity index (χ2n) is 5.65. The smallest absolute Gasteiger partial charge is 0.322 e. The Hall–Kier alpha value is -3.01. The quantitative estimate of drug-likeness (QED) is 0.709. The highest BCUT2D eigenvalue weighted by molar-refractivity contribution is 7.92. The second kappa shape index (κ2) is 7.08. The number of anilines is 1. The molecule has 2 aromatic heterocycles. The summed E-state index contributed by atoms with van der Waals surface area (Å²) in [6, 6.07) is 5.79. The summed E-state index contributed by atoms with van der Waals surface area (Å²) < 4.78 is 47.4. The number of aromatic nitrogens is 4. The number of nitrogens with one attached hydrogen (secondary N) is 1. The van der Waals surface area contributed by atoms with Crippen LogP contribution < -0.4 is 9.46 Å². The molecular formula is C16H16FN5O3S. The lowest BCUT2D eigenvalue weighted by atomic mass is 10.3. The highest BCUT2D eigenvalue weighted by atomic mass is 32.2. The van der Waals surface area contributed by atoms with Gasteiger partial charge in [-0.25, -0.2) is 19.3 Å². The number of para-hydroxylation sites is 1. The van der Waals surface area contributed by atoms with E-state index in [2.05, 4.69) is 19.7 Å². The zero-order valence-corrected chi connectivity index (χ0v) is 14.8. The van der Waals surface area contributed by atoms with Crippen LogP contribution in [0.15, 0.2) is 54.2 Å². The van der Waals surface area contributed by atoms with Gasteiger partial charge in [-0.2, -0.15) is 8.42 Å². The Morgan fingerprint density at radius 2 is 1.85 bits per heavy atom. The van der Waals surface area contributed by atoms with Crippen LogP contribution in [0, 0.1) is 5.82 Å². The van der Waals surface area contributed by atoms with Crippen LogP contribution in [0.4, 0.5) is 10.1 Å². The maximum absolute atomic E-state index is 13.5. The van der Waals surface area contributed by atoms with Crippen molar-refractivity contribution in [3.63, 3.8) is 0 Å². The fourth-order valence-electron chi connectivity index (χ4n) is 1.99. The lowest BCUT2D eigenvalue weighted by Gasteiger charge is -2.07. The minimum atomic E-state index is -3.87. The predicted molar refractivity (Wildman–Crippen MR) is 91.9 cm³/mol. The Labute approximate surface area is 149 Å². The monoisotopic (exact) mass is 377 g/mol. The lowest BCUT2D eigenvalue weighted by Crippen LogP contribution is -2.14. The van der Waals surface area contributed by atoms with E-state index in [-0.39, 0.29) is 28.5 Å². The number of hydrogen-bond acceptors (Lipinski definition) is 6. The molecule has 0 bridgehead atoms. The van der Waals surface area contributed by atoms with Crippen molar-refractivity contribution in [3.05, 3.63) is 55.0 Å². The highest BCUT2D eigenvalue weighted by Crippen LogP contribution is 2.22. The van der Waals surface area contributed by atoms with Crippen LogP contribution >= 0.6 is 0 Å². The third-order valence-corrected chi connectivity index (χ3v) is 4.63. The SMILES string of the molecule is CC(C)n1cnc(S(=O)(=O)Nc2cnc(Oc3ccccc3F)nc2)c1. The summed E-state index contributed by atoms with van der Waals surface area (Å²) in [6.07, 6.45) is 5.32. The van der Waals surface area contributed by atoms with E-state index in [1.54, 1.807) is 10.6 Å². The number of imidazole rings is 1. The van der Waals surface area contributed by atoms with Crippen molar-refractivity contribution in [2.45, 2.75) is 24.9 Å². The highest BCUT2D eigenvalue weighted by Gasteiger charge is 2.18. The van der Waals surface area contributed by atoms with Crippen LogP contribution in [0.2, 0.25) is 0 Å². The van der Waals surface area contributed by atoms with Crippen LogP contribution in [0.5, 0.6) is 11.8 Å². The molecule has 0 fully saturated rings. The first-order chi connectivity index (χ1) is 12.3. The van der Waals surface area contributed by atoms with Gasteiger partial charge in [0.1, 0.15) is 0 Å². The molecule has 0 aliphatic rings. The Bertz CT molecular complexity index is 1000. The summed E-state index contributed by atoms with van der Waals surface area (Å²) in [5.74, 6) is -0.582. The van der Waals surface area contributed by atoms with E-state index in [1.807, 2.05) is 13.8 Å². The van der Waals surface area contributed by atoms with Crippen molar-refractivity contribution < 1.29 is 17.5 Å². The van der Waals surface area contributed by atoms with Crippen molar-refractivity contribution in [3.8, 4) is 11.8 Å². The summed E-state index contributed by atoms with van der Waals surface area (Å²) >= 11 is 0. The van der Waals surface area contributed by atoms with Crippen molar-refractivity contribution >= 4 is 15.7 Å². The molecule has 0 spiro atoms. The van der Waals surface area contributed by atoms with Crippen LogP contribution in [0.1, 0.15) is 19.9 Å². The summed E-state index contributed by atoms with van der Waals surface area (Å²) in [7, 11) is -3.87. The van der Waals surface area contributed by atoms with Gasteiger partial charge < -0.3 is 9.30 Å². The standard InChI is InChI=1S/C16H16FN5O3S/c1-11(2)22-9-15(20-10-22)26(23,24)21-12-7-18-16(19-8-12)25-14-6-4-3-5-13(14)17/h3-11,21H,1-2H3. The van der Waals surface area contributed by atoms with Gasteiger partial charge in [0.25, 0.3) is 10.0 Å². The Morgan fingerprint density at radius 3 is 2.46 bits per heavy atom. The summed E-state index contributed by atoms with van der Waals surface area (Å²) in [5.41, 5.74) is 0.130. The van der Waals surface area contributed by atoms with Gasteiger partial charge in [0, 0.05) is 12.2 Å². The number of benzene rings is 1. The van der Waals surface area contributed by atoms with Gasteiger partial charge in [0.15, 0.2) is 16.6 Å². The fraction of sp³-hybridized carbons (Fsp3) is 0.188. The first kappa shape index (κ1) is 17.8. The Morgan fingerprint density at radius 1 is 1.15 bits per heavy atom. The zero-order chi connectivity index (χ0) is 18.7. The molecule has 26 heavy (non-hydrogen) atoms. The molecule has 136 valence electrons. The third kappa shape index (κ3) is 3.97. The number of ether oxygens (including phenoxy) is 1. The van der Waals surface area contributed by atoms with E-state index in [0.29, 0.717) is 0 Å². The largest absolute Gasteiger partial charge is 0.421 e. The average Bonchev–Trinajstić information content (AvgIpc) is 3.10. The molecule has 1 aromatic carbocycles. The van der Waals surface area contributed by atoms with E-state index in [1.165, 1.54) is 43.1 Å². The number of sulfonamides is 1. The molecule has 0 saturated carbocycles. The molecule has 0 aliphatic carbocycles.